The van der Waals surface area contributed by atoms with E-state index in [4.69, 9.17) is 0 Å². The van der Waals surface area contributed by atoms with Gasteiger partial charge >= 0.3 is 0 Å². The number of hydrogen-bond donors (Lipinski definition) is 0. The van der Waals surface area contributed by atoms with E-state index in [-0.39, 0.29) is 5.78 Å². The number of hydrogen-bond acceptors (Lipinski definition) is 3. The van der Waals surface area contributed by atoms with Gasteiger partial charge in [-0.2, -0.15) is 5.10 Å². The summed E-state index contributed by atoms with van der Waals surface area (Å²) >= 11 is 1.65. The molecule has 2 rings (SSSR count). The molecule has 0 N–H and O–H groups in total. The minimum absolute atomic E-state index is 0.0418. The molecule has 0 atom stereocenters. The minimum atomic E-state index is 0.0418. The molecule has 0 aromatic carbocycles. The topological polar surface area (TPSA) is 34.9 Å². The van der Waals surface area contributed by atoms with Crippen molar-refractivity contribution in [2.45, 2.75) is 20.8 Å². The molecule has 18 heavy (non-hydrogen) atoms. The third-order valence-corrected chi connectivity index (χ3v) is 3.81. The largest absolute Gasteiger partial charge is 0.289 e. The molecule has 0 amide bonds. The number of thiophene rings is 1. The van der Waals surface area contributed by atoms with Gasteiger partial charge < -0.3 is 0 Å². The summed E-state index contributed by atoms with van der Waals surface area (Å²) in [6, 6.07) is 3.89. The average molecular weight is 260 g/mol. The second-order valence-corrected chi connectivity index (χ2v) is 5.82. The highest BCUT2D eigenvalue weighted by Crippen LogP contribution is 2.21. The molecule has 0 aliphatic heterocycles. The quantitative estimate of drug-likeness (QED) is 0.627. The van der Waals surface area contributed by atoms with E-state index in [9.17, 15) is 4.79 Å². The van der Waals surface area contributed by atoms with Gasteiger partial charge in [0.2, 0.25) is 0 Å². The number of allylic oxidation sites excluding steroid dienone is 1. The number of ketones is 1. The Morgan fingerprint density at radius 1 is 1.33 bits per heavy atom. The van der Waals surface area contributed by atoms with E-state index in [2.05, 4.69) is 5.10 Å². The van der Waals surface area contributed by atoms with Gasteiger partial charge in [-0.1, -0.05) is 0 Å². The van der Waals surface area contributed by atoms with Crippen LogP contribution in [0.15, 0.2) is 18.2 Å². The number of rotatable bonds is 3. The molecule has 94 valence electrons. The third-order valence-electron chi connectivity index (χ3n) is 2.84. The van der Waals surface area contributed by atoms with E-state index in [1.54, 1.807) is 28.2 Å². The fraction of sp³-hybridized carbons (Fsp3) is 0.286. The molecule has 0 spiro atoms. The van der Waals surface area contributed by atoms with Crippen LogP contribution in [0, 0.1) is 20.8 Å². The van der Waals surface area contributed by atoms with Crippen molar-refractivity contribution in [1.82, 2.24) is 9.78 Å². The van der Waals surface area contributed by atoms with E-state index < -0.39 is 0 Å². The maximum Gasteiger partial charge on any atom is 0.187 e. The number of aromatic nitrogens is 2. The first-order valence-corrected chi connectivity index (χ1v) is 6.59. The van der Waals surface area contributed by atoms with Crippen LogP contribution in [0.2, 0.25) is 0 Å². The van der Waals surface area contributed by atoms with Crippen LogP contribution < -0.4 is 0 Å². The van der Waals surface area contributed by atoms with E-state index in [1.165, 1.54) is 0 Å². The Kier molecular flexibility index (Phi) is 3.48. The van der Waals surface area contributed by atoms with Crippen LogP contribution in [-0.2, 0) is 7.05 Å². The summed E-state index contributed by atoms with van der Waals surface area (Å²) in [6.45, 7) is 5.97. The Morgan fingerprint density at radius 2 is 2.06 bits per heavy atom. The zero-order valence-electron chi connectivity index (χ0n) is 11.0. The summed E-state index contributed by atoms with van der Waals surface area (Å²) in [4.78, 5) is 14.3. The van der Waals surface area contributed by atoms with Crippen molar-refractivity contribution in [1.29, 1.82) is 0 Å². The van der Waals surface area contributed by atoms with Crippen LogP contribution in [0.4, 0.5) is 0 Å². The van der Waals surface area contributed by atoms with Crippen LogP contribution in [0.25, 0.3) is 6.08 Å². The second-order valence-electron chi connectivity index (χ2n) is 4.36. The van der Waals surface area contributed by atoms with Gasteiger partial charge in [-0.05, 0) is 45.1 Å². The Bertz CT molecular complexity index is 600. The van der Waals surface area contributed by atoms with Crippen molar-refractivity contribution in [2.75, 3.05) is 0 Å². The van der Waals surface area contributed by atoms with Crippen molar-refractivity contribution in [3.05, 3.63) is 44.9 Å². The van der Waals surface area contributed by atoms with Gasteiger partial charge in [0.15, 0.2) is 5.78 Å². The van der Waals surface area contributed by atoms with Gasteiger partial charge in [0.05, 0.1) is 5.69 Å². The smallest absolute Gasteiger partial charge is 0.187 e. The van der Waals surface area contributed by atoms with Gasteiger partial charge in [0, 0.05) is 28.1 Å². The molecule has 4 heteroatoms. The molecule has 2 heterocycles. The number of nitrogens with zero attached hydrogens (tertiary/aromatic N) is 2. The predicted octanol–water partition coefficient (Wildman–Crippen LogP) is 3.30. The standard InChI is InChI=1S/C14H16N2OS/c1-9-7-12(15-16(9)4)5-6-14(17)13-8-10(2)18-11(13)3/h5-8H,1-4H3/b6-5+. The lowest BCUT2D eigenvalue weighted by atomic mass is 10.1. The van der Waals surface area contributed by atoms with Crippen molar-refractivity contribution >= 4 is 23.2 Å². The Labute approximate surface area is 111 Å². The fourth-order valence-corrected chi connectivity index (χ4v) is 2.73. The van der Waals surface area contributed by atoms with Gasteiger partial charge in [-0.15, -0.1) is 11.3 Å². The summed E-state index contributed by atoms with van der Waals surface area (Å²) in [6.07, 6.45) is 3.36. The molecule has 2 aromatic rings. The van der Waals surface area contributed by atoms with Crippen molar-refractivity contribution in [2.24, 2.45) is 7.05 Å². The SMILES string of the molecule is Cc1cc(C(=O)/C=C/c2cc(C)n(C)n2)c(C)s1. The summed E-state index contributed by atoms with van der Waals surface area (Å²) in [5.41, 5.74) is 2.68. The van der Waals surface area contributed by atoms with E-state index in [1.807, 2.05) is 40.0 Å². The summed E-state index contributed by atoms with van der Waals surface area (Å²) in [7, 11) is 1.89. The maximum absolute atomic E-state index is 12.0. The molecule has 2 aromatic heterocycles. The van der Waals surface area contributed by atoms with E-state index >= 15 is 0 Å². The van der Waals surface area contributed by atoms with Crippen LogP contribution in [-0.4, -0.2) is 15.6 Å². The number of aryl methyl sites for hydroxylation is 4. The fourth-order valence-electron chi connectivity index (χ4n) is 1.80. The molecule has 0 saturated carbocycles. The molecule has 0 aliphatic carbocycles. The molecule has 0 fully saturated rings. The highest BCUT2D eigenvalue weighted by atomic mass is 32.1. The lowest BCUT2D eigenvalue weighted by Gasteiger charge is -1.92. The Morgan fingerprint density at radius 3 is 2.56 bits per heavy atom. The summed E-state index contributed by atoms with van der Waals surface area (Å²) in [5, 5.41) is 4.28. The van der Waals surface area contributed by atoms with Crippen LogP contribution in [0.3, 0.4) is 0 Å². The predicted molar refractivity (Wildman–Crippen MR) is 75.1 cm³/mol. The lowest BCUT2D eigenvalue weighted by molar-refractivity contribution is 0.104. The van der Waals surface area contributed by atoms with Crippen molar-refractivity contribution < 1.29 is 4.79 Å². The molecule has 0 bridgehead atoms. The van der Waals surface area contributed by atoms with Gasteiger partial charge in [0.1, 0.15) is 0 Å². The first-order valence-electron chi connectivity index (χ1n) is 5.77. The highest BCUT2D eigenvalue weighted by molar-refractivity contribution is 7.12. The van der Waals surface area contributed by atoms with E-state index in [0.29, 0.717) is 0 Å². The summed E-state index contributed by atoms with van der Waals surface area (Å²) < 4.78 is 1.80. The van der Waals surface area contributed by atoms with Gasteiger partial charge in [-0.25, -0.2) is 0 Å². The average Bonchev–Trinajstić information content (AvgIpc) is 2.79. The zero-order valence-corrected chi connectivity index (χ0v) is 11.8. The molecule has 0 unspecified atom stereocenters. The molecule has 0 saturated heterocycles. The third kappa shape index (κ3) is 2.59. The monoisotopic (exact) mass is 260 g/mol. The Hall–Kier alpha value is -1.68. The van der Waals surface area contributed by atoms with Crippen LogP contribution >= 0.6 is 11.3 Å². The number of carbonyl (C=O) groups is 1. The van der Waals surface area contributed by atoms with Crippen molar-refractivity contribution in [3.8, 4) is 0 Å². The molecular formula is C14H16N2OS. The number of carbonyl (C=O) groups excluding carboxylic acids is 1. The minimum Gasteiger partial charge on any atom is -0.289 e. The maximum atomic E-state index is 12.0. The Balaban J connectivity index is 2.19. The molecule has 0 radical (unpaired) electrons. The molecular weight excluding hydrogens is 244 g/mol. The summed E-state index contributed by atoms with van der Waals surface area (Å²) in [5.74, 6) is 0.0418. The van der Waals surface area contributed by atoms with Crippen LogP contribution in [0.1, 0.15) is 31.5 Å². The van der Waals surface area contributed by atoms with E-state index in [0.717, 1.165) is 26.7 Å². The van der Waals surface area contributed by atoms with Crippen LogP contribution in [0.5, 0.6) is 0 Å². The highest BCUT2D eigenvalue weighted by Gasteiger charge is 2.09. The first kappa shape index (κ1) is 12.8. The van der Waals surface area contributed by atoms with Gasteiger partial charge in [-0.3, -0.25) is 9.48 Å². The zero-order chi connectivity index (χ0) is 13.3. The normalized spacial score (nSPS) is 11.3. The second kappa shape index (κ2) is 4.90. The molecule has 3 nitrogen and oxygen atoms in total. The van der Waals surface area contributed by atoms with Crippen molar-refractivity contribution in [3.63, 3.8) is 0 Å². The van der Waals surface area contributed by atoms with Gasteiger partial charge in [0.25, 0.3) is 0 Å². The molecule has 0 aliphatic rings. The first-order chi connectivity index (χ1) is 8.47. The lowest BCUT2D eigenvalue weighted by Crippen LogP contribution is -1.94.